The van der Waals surface area contributed by atoms with Crippen LogP contribution in [0.4, 0.5) is 17.1 Å². The van der Waals surface area contributed by atoms with Gasteiger partial charge < -0.3 is 9.38 Å². The average molecular weight is 743 g/mol. The molecule has 0 unspecified atom stereocenters. The fraction of sp³-hybridized carbons (Fsp3) is 0.296. The smallest absolute Gasteiger partial charge is 0.333 e. The van der Waals surface area contributed by atoms with Crippen LogP contribution in [0.15, 0.2) is 115 Å². The summed E-state index contributed by atoms with van der Waals surface area (Å²) in [5.74, 6) is 0. The monoisotopic (exact) mass is 742 g/mol. The van der Waals surface area contributed by atoms with Crippen LogP contribution >= 0.6 is 0 Å². The molecule has 0 bridgehead atoms. The third kappa shape index (κ3) is 5.44. The Labute approximate surface area is 339 Å². The number of hydrogen-bond acceptors (Lipinski definition) is 1. The van der Waals surface area contributed by atoms with Gasteiger partial charge in [-0.3, -0.25) is 0 Å². The lowest BCUT2D eigenvalue weighted by Gasteiger charge is -2.41. The Bertz CT molecular complexity index is 2970. The Kier molecular flexibility index (Phi) is 7.38. The first-order chi connectivity index (χ1) is 26.8. The zero-order valence-electron chi connectivity index (χ0n) is 35.9. The van der Waals surface area contributed by atoms with Gasteiger partial charge in [0.1, 0.15) is 0 Å². The van der Waals surface area contributed by atoms with Crippen LogP contribution in [0.2, 0.25) is 0 Å². The minimum absolute atomic E-state index is 0.000297. The van der Waals surface area contributed by atoms with E-state index in [1.165, 1.54) is 105 Å². The molecule has 57 heavy (non-hydrogen) atoms. The van der Waals surface area contributed by atoms with Gasteiger partial charge in [0.2, 0.25) is 0 Å². The highest BCUT2D eigenvalue weighted by molar-refractivity contribution is 6.90. The quantitative estimate of drug-likeness (QED) is 0.120. The maximum Gasteiger partial charge on any atom is 0.333 e. The Morgan fingerprint density at radius 2 is 1.00 bits per heavy atom. The molecular formula is C54H55BN2. The van der Waals surface area contributed by atoms with E-state index in [0.29, 0.717) is 0 Å². The molecule has 3 heterocycles. The van der Waals surface area contributed by atoms with Crippen LogP contribution in [0.5, 0.6) is 0 Å². The molecule has 8 aromatic rings. The van der Waals surface area contributed by atoms with E-state index in [4.69, 9.17) is 0 Å². The maximum absolute atomic E-state index is 2.72. The number of anilines is 3. The van der Waals surface area contributed by atoms with Crippen molar-refractivity contribution < 1.29 is 0 Å². The molecule has 3 heteroatoms. The molecule has 2 nitrogen and oxygen atoms in total. The van der Waals surface area contributed by atoms with Crippen molar-refractivity contribution in [2.45, 2.75) is 105 Å². The molecule has 1 aromatic heterocycles. The van der Waals surface area contributed by atoms with Crippen molar-refractivity contribution >= 4 is 78.2 Å². The van der Waals surface area contributed by atoms with Crippen LogP contribution in [0.1, 0.15) is 105 Å². The Morgan fingerprint density at radius 3 is 1.61 bits per heavy atom. The summed E-state index contributed by atoms with van der Waals surface area (Å²) in [6.07, 6.45) is 0. The largest absolute Gasteiger partial charge is 0.375 e. The second-order valence-corrected chi connectivity index (χ2v) is 21.2. The fourth-order valence-corrected chi connectivity index (χ4v) is 9.67. The number of nitrogens with zero attached hydrogens (tertiary/aromatic N) is 2. The molecule has 0 radical (unpaired) electrons. The Morgan fingerprint density at radius 1 is 0.421 bits per heavy atom. The minimum Gasteiger partial charge on any atom is -0.375 e. The third-order valence-electron chi connectivity index (χ3n) is 13.1. The second kappa shape index (κ2) is 11.7. The average Bonchev–Trinajstić information content (AvgIpc) is 3.47. The van der Waals surface area contributed by atoms with Gasteiger partial charge >= 0.3 is 6.85 Å². The Balaban J connectivity index is 1.38. The van der Waals surface area contributed by atoms with Crippen molar-refractivity contribution in [2.24, 2.45) is 0 Å². The van der Waals surface area contributed by atoms with Crippen molar-refractivity contribution in [3.8, 4) is 11.1 Å². The number of aromatic nitrogens is 1. The zero-order chi connectivity index (χ0) is 40.1. The molecule has 2 aliphatic heterocycles. The van der Waals surface area contributed by atoms with Crippen molar-refractivity contribution in [1.29, 1.82) is 0 Å². The molecule has 284 valence electrons. The molecule has 0 fully saturated rings. The fourth-order valence-electron chi connectivity index (χ4n) is 9.67. The lowest BCUT2D eigenvalue weighted by Crippen LogP contribution is -2.56. The second-order valence-electron chi connectivity index (χ2n) is 21.2. The van der Waals surface area contributed by atoms with Crippen molar-refractivity contribution in [1.82, 2.24) is 4.48 Å². The van der Waals surface area contributed by atoms with Crippen molar-refractivity contribution in [2.75, 3.05) is 4.90 Å². The first kappa shape index (κ1) is 36.1. The summed E-state index contributed by atoms with van der Waals surface area (Å²) >= 11 is 0. The van der Waals surface area contributed by atoms with Crippen molar-refractivity contribution in [3.05, 3.63) is 138 Å². The van der Waals surface area contributed by atoms with E-state index in [2.05, 4.69) is 208 Å². The van der Waals surface area contributed by atoms with E-state index in [1.807, 2.05) is 0 Å². The van der Waals surface area contributed by atoms with Gasteiger partial charge in [-0.05, 0) is 143 Å². The van der Waals surface area contributed by atoms with E-state index >= 15 is 0 Å². The van der Waals surface area contributed by atoms with Gasteiger partial charge in [0.05, 0.1) is 0 Å². The number of hydrogen-bond donors (Lipinski definition) is 0. The first-order valence-corrected chi connectivity index (χ1v) is 21.0. The summed E-state index contributed by atoms with van der Waals surface area (Å²) < 4.78 is 2.72. The molecule has 0 saturated heterocycles. The number of rotatable bonds is 1. The molecule has 0 aliphatic carbocycles. The van der Waals surface area contributed by atoms with Crippen LogP contribution in [0, 0.1) is 0 Å². The summed E-state index contributed by atoms with van der Waals surface area (Å²) in [6, 6.07) is 45.4. The van der Waals surface area contributed by atoms with Gasteiger partial charge in [-0.2, -0.15) is 0 Å². The van der Waals surface area contributed by atoms with Gasteiger partial charge in [-0.1, -0.05) is 138 Å². The van der Waals surface area contributed by atoms with Gasteiger partial charge in [-0.25, -0.2) is 0 Å². The van der Waals surface area contributed by atoms with Crippen LogP contribution in [0.3, 0.4) is 0 Å². The molecule has 10 rings (SSSR count). The van der Waals surface area contributed by atoms with Crippen LogP contribution in [-0.2, 0) is 21.7 Å². The number of benzene rings is 7. The van der Waals surface area contributed by atoms with Crippen LogP contribution in [-0.4, -0.2) is 11.3 Å². The molecule has 2 aliphatic rings. The minimum atomic E-state index is -0.0144. The summed E-state index contributed by atoms with van der Waals surface area (Å²) in [7, 11) is 0. The molecule has 0 saturated carbocycles. The standard InChI is InChI=1S/C54H55BN2/c1-51(2,3)36-20-21-46-42(29-36)44-31-39(54(10,11)12)30-43-41-18-15-19-47-49(41)55(57(46)50(43)44)45-24-34-22-32-16-13-14-17-33(32)23-35(34)25-48(45)56(47)40-27-37(52(4,5)6)26-38(28-40)53(7,8)9/h13-31H,1-12H3. The topological polar surface area (TPSA) is 8.17 Å². The SMILES string of the molecule is CC(C)(C)c1cc(N2c3cc4cc5ccccc5cc4cc3B3c4c(cccc42)-c2cc(C(C)(C)C)cc4c5cc(C(C)(C)C)ccc5n3c24)cc(C(C)(C)C)c1. The predicted octanol–water partition coefficient (Wildman–Crippen LogP) is 13.7. The molecule has 0 N–H and O–H groups in total. The molecular weight excluding hydrogens is 687 g/mol. The summed E-state index contributed by atoms with van der Waals surface area (Å²) in [5.41, 5.74) is 17.3. The van der Waals surface area contributed by atoms with Gasteiger partial charge in [0.25, 0.3) is 0 Å². The maximum atomic E-state index is 2.72. The Hall–Kier alpha value is -5.28. The molecule has 0 amide bonds. The van der Waals surface area contributed by atoms with Gasteiger partial charge in [-0.15, -0.1) is 0 Å². The molecule has 0 spiro atoms. The summed E-state index contributed by atoms with van der Waals surface area (Å²) in [4.78, 5) is 2.61. The molecule has 7 aromatic carbocycles. The highest BCUT2D eigenvalue weighted by Gasteiger charge is 2.43. The lowest BCUT2D eigenvalue weighted by atomic mass is 9.45. The number of fused-ring (bicyclic) bond motifs is 9. The van der Waals surface area contributed by atoms with Crippen molar-refractivity contribution in [3.63, 3.8) is 0 Å². The van der Waals surface area contributed by atoms with E-state index in [-0.39, 0.29) is 28.5 Å². The summed E-state index contributed by atoms with van der Waals surface area (Å²) in [5, 5.41) is 7.81. The first-order valence-electron chi connectivity index (χ1n) is 21.0. The van der Waals surface area contributed by atoms with Crippen LogP contribution < -0.4 is 15.8 Å². The summed E-state index contributed by atoms with van der Waals surface area (Å²) in [6.45, 7) is 28.1. The van der Waals surface area contributed by atoms with E-state index in [1.54, 1.807) is 0 Å². The van der Waals surface area contributed by atoms with Crippen LogP contribution in [0.25, 0.3) is 54.5 Å². The zero-order valence-corrected chi connectivity index (χ0v) is 35.9. The van der Waals surface area contributed by atoms with E-state index < -0.39 is 0 Å². The third-order valence-corrected chi connectivity index (χ3v) is 13.1. The van der Waals surface area contributed by atoms with Gasteiger partial charge in [0, 0.05) is 44.4 Å². The normalized spacial score (nSPS) is 14.2. The highest BCUT2D eigenvalue weighted by atomic mass is 15.2. The highest BCUT2D eigenvalue weighted by Crippen LogP contribution is 2.48. The predicted molar refractivity (Wildman–Crippen MR) is 250 cm³/mol. The molecule has 0 atom stereocenters. The van der Waals surface area contributed by atoms with E-state index in [9.17, 15) is 0 Å². The van der Waals surface area contributed by atoms with Gasteiger partial charge in [0.15, 0.2) is 0 Å². The lowest BCUT2D eigenvalue weighted by molar-refractivity contribution is 0.569. The van der Waals surface area contributed by atoms with E-state index in [0.717, 1.165) is 0 Å².